The monoisotopic (exact) mass is 576 g/mol. The van der Waals surface area contributed by atoms with Crippen molar-refractivity contribution in [2.24, 2.45) is 5.16 Å². The van der Waals surface area contributed by atoms with Gasteiger partial charge in [-0.15, -0.1) is 34.9 Å². The molecule has 3 N–H and O–H groups in total. The molecule has 2 aromatic heterocycles. The molecular weight excluding hydrogens is 552 g/mol. The minimum Gasteiger partial charge on any atom is -0.480 e. The van der Waals surface area contributed by atoms with Crippen LogP contribution in [0.1, 0.15) is 24.6 Å². The zero-order chi connectivity index (χ0) is 27.1. The Morgan fingerprint density at radius 3 is 3.00 bits per heavy atom. The first-order chi connectivity index (χ1) is 18.4. The van der Waals surface area contributed by atoms with Gasteiger partial charge in [-0.25, -0.2) is 4.98 Å². The number of aliphatic carboxylic acids is 1. The molecule has 0 radical (unpaired) electrons. The number of oxime groups is 1. The maximum absolute atomic E-state index is 13.1. The number of nitrogens with one attached hydrogen (secondary N) is 2. The minimum atomic E-state index is -1.23. The summed E-state index contributed by atoms with van der Waals surface area (Å²) in [6.45, 7) is 2.16. The summed E-state index contributed by atoms with van der Waals surface area (Å²) in [5, 5.41) is 22.1. The van der Waals surface area contributed by atoms with Gasteiger partial charge >= 0.3 is 5.97 Å². The van der Waals surface area contributed by atoms with E-state index in [9.17, 15) is 24.3 Å². The van der Waals surface area contributed by atoms with Crippen LogP contribution in [-0.4, -0.2) is 84.9 Å². The van der Waals surface area contributed by atoms with Gasteiger partial charge in [0, 0.05) is 30.1 Å². The summed E-state index contributed by atoms with van der Waals surface area (Å²) in [4.78, 5) is 63.9. The van der Waals surface area contributed by atoms with Crippen molar-refractivity contribution in [3.8, 4) is 0 Å². The number of carboxylic acid groups (broad SMARTS) is 1. The lowest BCUT2D eigenvalue weighted by Gasteiger charge is -2.53. The molecule has 3 atom stereocenters. The first kappa shape index (κ1) is 27.6. The summed E-state index contributed by atoms with van der Waals surface area (Å²) in [6, 6.07) is 2.79. The molecule has 2 aliphatic rings. The van der Waals surface area contributed by atoms with Gasteiger partial charge < -0.3 is 25.5 Å². The van der Waals surface area contributed by atoms with E-state index in [1.807, 2.05) is 13.0 Å². The van der Waals surface area contributed by atoms with Crippen molar-refractivity contribution in [2.45, 2.75) is 29.5 Å². The molecule has 2 unspecified atom stereocenters. The first-order valence-corrected chi connectivity index (χ1v) is 14.3. The van der Waals surface area contributed by atoms with Crippen LogP contribution in [0.3, 0.4) is 0 Å². The molecule has 2 aromatic rings. The van der Waals surface area contributed by atoms with Crippen molar-refractivity contribution >= 4 is 76.0 Å². The van der Waals surface area contributed by atoms with Crippen molar-refractivity contribution in [3.63, 3.8) is 0 Å². The number of thiazole rings is 1. The average molecular weight is 577 g/mol. The molecule has 4 rings (SSSR count). The highest BCUT2D eigenvalue weighted by Gasteiger charge is 2.57. The molecule has 0 saturated carbocycles. The first-order valence-electron chi connectivity index (χ1n) is 11.5. The summed E-state index contributed by atoms with van der Waals surface area (Å²) in [7, 11) is 0. The molecule has 0 aromatic carbocycles. The molecule has 2 saturated heterocycles. The number of carbonyl (C=O) groups excluding carboxylic acids is 3. The lowest BCUT2D eigenvalue weighted by Crippen LogP contribution is -2.74. The topological polar surface area (TPSA) is 163 Å². The van der Waals surface area contributed by atoms with Gasteiger partial charge in [-0.05, 0) is 29.5 Å². The number of pyridine rings is 1. The molecule has 0 spiro atoms. The maximum atomic E-state index is 13.1. The highest BCUT2D eigenvalue weighted by molar-refractivity contribution is 8.06. The van der Waals surface area contributed by atoms with Gasteiger partial charge in [0.05, 0.1) is 0 Å². The molecule has 38 heavy (non-hydrogen) atoms. The van der Waals surface area contributed by atoms with Crippen LogP contribution in [0.2, 0.25) is 0 Å². The maximum Gasteiger partial charge on any atom is 0.322 e. The van der Waals surface area contributed by atoms with E-state index in [4.69, 9.17) is 4.84 Å². The highest BCUT2D eigenvalue weighted by Crippen LogP contribution is 2.44. The van der Waals surface area contributed by atoms with Gasteiger partial charge in [0.1, 0.15) is 28.5 Å². The van der Waals surface area contributed by atoms with E-state index in [-0.39, 0.29) is 41.3 Å². The molecule has 2 aliphatic heterocycles. The van der Waals surface area contributed by atoms with Crippen molar-refractivity contribution in [1.29, 1.82) is 0 Å². The average Bonchev–Trinajstić information content (AvgIpc) is 3.38. The number of β-lactam (4-membered cyclic amide) rings is 1. The Labute approximate surface area is 230 Å². The van der Waals surface area contributed by atoms with E-state index in [0.29, 0.717) is 12.8 Å². The van der Waals surface area contributed by atoms with Crippen LogP contribution in [0.5, 0.6) is 0 Å². The van der Waals surface area contributed by atoms with Crippen LogP contribution >= 0.6 is 34.9 Å². The Kier molecular flexibility index (Phi) is 9.01. The third-order valence-corrected chi connectivity index (χ3v) is 9.22. The van der Waals surface area contributed by atoms with Gasteiger partial charge in [0.2, 0.25) is 12.3 Å². The van der Waals surface area contributed by atoms with Gasteiger partial charge in [0.25, 0.3) is 5.91 Å². The largest absolute Gasteiger partial charge is 0.480 e. The van der Waals surface area contributed by atoms with Crippen LogP contribution < -0.4 is 10.6 Å². The fraction of sp³-hybridized carbons (Fsp3) is 0.348. The second-order valence-corrected chi connectivity index (χ2v) is 11.5. The number of fused-ring (bicyclic) bond motifs is 1. The summed E-state index contributed by atoms with van der Waals surface area (Å²) in [5.74, 6) is -1.83. The number of amides is 3. The number of anilines is 1. The van der Waals surface area contributed by atoms with E-state index in [0.717, 1.165) is 28.7 Å². The summed E-state index contributed by atoms with van der Waals surface area (Å²) in [5.41, 5.74) is 0.894. The number of carboxylic acids is 1. The molecule has 4 heterocycles. The van der Waals surface area contributed by atoms with E-state index < -0.39 is 28.0 Å². The Morgan fingerprint density at radius 2 is 2.29 bits per heavy atom. The van der Waals surface area contributed by atoms with Crippen LogP contribution in [0.15, 0.2) is 40.5 Å². The predicted molar refractivity (Wildman–Crippen MR) is 146 cm³/mol. The Morgan fingerprint density at radius 1 is 1.45 bits per heavy atom. The number of hydrogen-bond acceptors (Lipinski definition) is 11. The van der Waals surface area contributed by atoms with E-state index >= 15 is 0 Å². The fourth-order valence-electron chi connectivity index (χ4n) is 3.64. The minimum absolute atomic E-state index is 0.000614. The van der Waals surface area contributed by atoms with Gasteiger partial charge in [-0.1, -0.05) is 18.1 Å². The normalized spacial score (nSPS) is 22.9. The van der Waals surface area contributed by atoms with Crippen LogP contribution in [0, 0.1) is 0 Å². The third-order valence-electron chi connectivity index (χ3n) is 5.56. The molecule has 0 bridgehead atoms. The van der Waals surface area contributed by atoms with Crippen molar-refractivity contribution < 1.29 is 29.1 Å². The fourth-order valence-corrected chi connectivity index (χ4v) is 6.96. The lowest BCUT2D eigenvalue weighted by atomic mass is 10.0. The zero-order valence-electron chi connectivity index (χ0n) is 20.1. The molecule has 0 aliphatic carbocycles. The number of carbonyl (C=O) groups is 4. The lowest BCUT2D eigenvalue weighted by molar-refractivity contribution is -0.151. The molecule has 3 amide bonds. The molecule has 12 nitrogen and oxygen atoms in total. The van der Waals surface area contributed by atoms with Crippen LogP contribution in [0.4, 0.5) is 5.13 Å². The van der Waals surface area contributed by atoms with E-state index in [1.165, 1.54) is 16.7 Å². The Hall–Kier alpha value is -3.43. The van der Waals surface area contributed by atoms with Crippen LogP contribution in [0.25, 0.3) is 6.08 Å². The predicted octanol–water partition coefficient (Wildman–Crippen LogP) is 1.86. The Bertz CT molecular complexity index is 1260. The molecule has 15 heteroatoms. The number of rotatable bonds is 12. The van der Waals surface area contributed by atoms with Gasteiger partial charge in [-0.2, -0.15) is 0 Å². The summed E-state index contributed by atoms with van der Waals surface area (Å²) >= 11 is 3.55. The standard InChI is InChI=1S/C23H24N6O6S3/c1-2-7-35-28-16(15-10-36-22(26-15)25-13-30)18(31)27-17-19(32)29-11-23(21(33)34,12-37-20(17)29)38-8-5-14-4-3-6-24-9-14/h3-6,8-10,13,17,20H,2,7,11-12H2,1H3,(H,27,31)(H,33,34)(H,25,26,30)/t17?,20-,23?/m1/s1. The van der Waals surface area contributed by atoms with Crippen LogP contribution in [-0.2, 0) is 24.0 Å². The number of nitrogens with zero attached hydrogens (tertiary/aromatic N) is 4. The zero-order valence-corrected chi connectivity index (χ0v) is 22.6. The van der Waals surface area contributed by atoms with Crippen molar-refractivity contribution in [1.82, 2.24) is 20.2 Å². The summed E-state index contributed by atoms with van der Waals surface area (Å²) in [6.07, 6.45) is 6.23. The Balaban J connectivity index is 1.43. The molecule has 200 valence electrons. The smallest absolute Gasteiger partial charge is 0.322 e. The quantitative estimate of drug-likeness (QED) is 0.112. The van der Waals surface area contributed by atoms with E-state index in [1.54, 1.807) is 35.3 Å². The second kappa shape index (κ2) is 12.4. The SMILES string of the molecule is CCCON=C(C(=O)NC1C(=O)N2CC(SC=Cc3cccnc3)(C(=O)O)CS[C@H]12)c1csc(NC=O)n1. The molecule has 2 fully saturated rings. The third kappa shape index (κ3) is 6.00. The van der Waals surface area contributed by atoms with Crippen molar-refractivity contribution in [3.05, 3.63) is 46.6 Å². The van der Waals surface area contributed by atoms with Gasteiger partial charge in [0.15, 0.2) is 10.8 Å². The highest BCUT2D eigenvalue weighted by atomic mass is 32.2. The van der Waals surface area contributed by atoms with Crippen molar-refractivity contribution in [2.75, 3.05) is 24.2 Å². The number of aromatic nitrogens is 2. The van der Waals surface area contributed by atoms with E-state index in [2.05, 4.69) is 25.8 Å². The second-order valence-electron chi connectivity index (χ2n) is 8.20. The number of thioether (sulfide) groups is 2. The van der Waals surface area contributed by atoms with Gasteiger partial charge in [-0.3, -0.25) is 24.2 Å². The summed E-state index contributed by atoms with van der Waals surface area (Å²) < 4.78 is -1.23. The number of hydrogen-bond donors (Lipinski definition) is 3. The molecular formula is C23H24N6O6S3.